The maximum absolute atomic E-state index is 9.18. The van der Waals surface area contributed by atoms with E-state index in [4.69, 9.17) is 0 Å². The summed E-state index contributed by atoms with van der Waals surface area (Å²) in [6.07, 6.45) is 3.42. The molecular weight excluding hydrogens is 260 g/mol. The quantitative estimate of drug-likeness (QED) is 0.790. The van der Waals surface area contributed by atoms with Crippen LogP contribution in [0.1, 0.15) is 5.69 Å². The third-order valence-corrected chi connectivity index (χ3v) is 4.02. The summed E-state index contributed by atoms with van der Waals surface area (Å²) in [4.78, 5) is 5.31. The van der Waals surface area contributed by atoms with Crippen LogP contribution in [0, 0.1) is 0 Å². The van der Waals surface area contributed by atoms with Crippen LogP contribution < -0.4 is 0 Å². The van der Waals surface area contributed by atoms with Gasteiger partial charge in [0.2, 0.25) is 0 Å². The highest BCUT2D eigenvalue weighted by Crippen LogP contribution is 2.31. The Bertz CT molecular complexity index is 720. The monoisotopic (exact) mass is 272 g/mol. The topological polar surface area (TPSA) is 63.8 Å². The van der Waals surface area contributed by atoms with Gasteiger partial charge in [0.15, 0.2) is 5.16 Å². The van der Waals surface area contributed by atoms with E-state index in [1.807, 2.05) is 35.9 Å². The Morgan fingerprint density at radius 3 is 2.89 bits per heavy atom. The molecule has 6 heteroatoms. The highest BCUT2D eigenvalue weighted by atomic mass is 32.2. The molecule has 0 bridgehead atoms. The minimum absolute atomic E-state index is 0.0145. The summed E-state index contributed by atoms with van der Waals surface area (Å²) in [5.74, 6) is 0. The van der Waals surface area contributed by atoms with Crippen LogP contribution in [0.4, 0.5) is 0 Å². The molecule has 0 unspecified atom stereocenters. The standard InChI is InChI=1S/C13H12N4OS/c1-17-9(8-18)6-14-13(17)19-12-7-15-16-11-5-3-2-4-10(11)12/h2-7,18H,8H2,1H3. The first-order chi connectivity index (χ1) is 9.29. The summed E-state index contributed by atoms with van der Waals surface area (Å²) in [7, 11) is 1.89. The Morgan fingerprint density at radius 1 is 1.26 bits per heavy atom. The number of benzene rings is 1. The van der Waals surface area contributed by atoms with E-state index in [0.29, 0.717) is 0 Å². The summed E-state index contributed by atoms with van der Waals surface area (Å²) in [5, 5.41) is 19.2. The molecule has 0 saturated carbocycles. The van der Waals surface area contributed by atoms with Crippen molar-refractivity contribution in [2.75, 3.05) is 0 Å². The smallest absolute Gasteiger partial charge is 0.172 e. The van der Waals surface area contributed by atoms with Gasteiger partial charge >= 0.3 is 0 Å². The van der Waals surface area contributed by atoms with Crippen molar-refractivity contribution in [2.24, 2.45) is 7.05 Å². The Balaban J connectivity index is 2.03. The van der Waals surface area contributed by atoms with Gasteiger partial charge in [-0.05, 0) is 17.8 Å². The molecule has 0 aliphatic carbocycles. The van der Waals surface area contributed by atoms with Gasteiger partial charge in [-0.15, -0.1) is 0 Å². The van der Waals surface area contributed by atoms with Gasteiger partial charge in [-0.25, -0.2) is 4.98 Å². The lowest BCUT2D eigenvalue weighted by molar-refractivity contribution is 0.271. The first-order valence-electron chi connectivity index (χ1n) is 5.79. The third kappa shape index (κ3) is 2.20. The second kappa shape index (κ2) is 4.99. The van der Waals surface area contributed by atoms with Gasteiger partial charge in [-0.1, -0.05) is 18.2 Å². The molecule has 2 aromatic heterocycles. The van der Waals surface area contributed by atoms with Crippen molar-refractivity contribution in [3.05, 3.63) is 42.4 Å². The minimum atomic E-state index is -0.0145. The molecule has 0 aliphatic heterocycles. The number of nitrogens with zero attached hydrogens (tertiary/aromatic N) is 4. The lowest BCUT2D eigenvalue weighted by Gasteiger charge is -2.05. The fourth-order valence-electron chi connectivity index (χ4n) is 1.83. The molecule has 1 N–H and O–H groups in total. The van der Waals surface area contributed by atoms with E-state index >= 15 is 0 Å². The van der Waals surface area contributed by atoms with Crippen molar-refractivity contribution in [3.63, 3.8) is 0 Å². The number of aliphatic hydroxyl groups is 1. The fraction of sp³-hybridized carbons (Fsp3) is 0.154. The van der Waals surface area contributed by atoms with Crippen LogP contribution in [-0.4, -0.2) is 24.9 Å². The third-order valence-electron chi connectivity index (χ3n) is 2.91. The van der Waals surface area contributed by atoms with E-state index in [1.165, 1.54) is 11.8 Å². The number of aromatic nitrogens is 4. The number of hydrogen-bond donors (Lipinski definition) is 1. The van der Waals surface area contributed by atoms with E-state index in [2.05, 4.69) is 15.2 Å². The predicted octanol–water partition coefficient (Wildman–Crippen LogP) is 2.01. The second-order valence-electron chi connectivity index (χ2n) is 4.08. The molecule has 96 valence electrons. The van der Waals surface area contributed by atoms with E-state index in [0.717, 1.165) is 26.6 Å². The number of aliphatic hydroxyl groups excluding tert-OH is 1. The number of imidazole rings is 1. The lowest BCUT2D eigenvalue weighted by Crippen LogP contribution is -1.97. The van der Waals surface area contributed by atoms with Gasteiger partial charge in [0.25, 0.3) is 0 Å². The molecule has 2 heterocycles. The van der Waals surface area contributed by atoms with Gasteiger partial charge in [0, 0.05) is 17.3 Å². The zero-order valence-corrected chi connectivity index (χ0v) is 11.1. The van der Waals surface area contributed by atoms with Crippen LogP contribution in [0.2, 0.25) is 0 Å². The Hall–Kier alpha value is -1.92. The van der Waals surface area contributed by atoms with Crippen molar-refractivity contribution in [3.8, 4) is 0 Å². The summed E-state index contributed by atoms with van der Waals surface area (Å²) in [5.41, 5.74) is 1.65. The Morgan fingerprint density at radius 2 is 2.11 bits per heavy atom. The van der Waals surface area contributed by atoms with E-state index in [-0.39, 0.29) is 6.61 Å². The van der Waals surface area contributed by atoms with Gasteiger partial charge in [0.1, 0.15) is 0 Å². The van der Waals surface area contributed by atoms with Crippen LogP contribution in [0.15, 0.2) is 46.7 Å². The minimum Gasteiger partial charge on any atom is -0.390 e. The normalized spacial score (nSPS) is 11.1. The summed E-state index contributed by atoms with van der Waals surface area (Å²) in [6, 6.07) is 7.87. The highest BCUT2D eigenvalue weighted by molar-refractivity contribution is 7.99. The first-order valence-corrected chi connectivity index (χ1v) is 6.61. The molecule has 0 fully saturated rings. The van der Waals surface area contributed by atoms with Crippen molar-refractivity contribution in [1.29, 1.82) is 0 Å². The van der Waals surface area contributed by atoms with Gasteiger partial charge in [0.05, 0.1) is 30.2 Å². The zero-order valence-electron chi connectivity index (χ0n) is 10.3. The summed E-state index contributed by atoms with van der Waals surface area (Å²) >= 11 is 1.52. The first kappa shape index (κ1) is 12.1. The molecule has 0 spiro atoms. The van der Waals surface area contributed by atoms with Crippen molar-refractivity contribution in [2.45, 2.75) is 16.7 Å². The molecule has 19 heavy (non-hydrogen) atoms. The molecule has 3 aromatic rings. The Labute approximate surface area is 114 Å². The molecule has 0 aliphatic rings. The van der Waals surface area contributed by atoms with Gasteiger partial charge in [-0.2, -0.15) is 10.2 Å². The summed E-state index contributed by atoms with van der Waals surface area (Å²) < 4.78 is 1.87. The van der Waals surface area contributed by atoms with Gasteiger partial charge < -0.3 is 9.67 Å². The fourth-order valence-corrected chi connectivity index (χ4v) is 2.77. The van der Waals surface area contributed by atoms with Crippen LogP contribution in [0.3, 0.4) is 0 Å². The molecule has 1 aromatic carbocycles. The van der Waals surface area contributed by atoms with Crippen LogP contribution in [0.5, 0.6) is 0 Å². The zero-order chi connectivity index (χ0) is 13.2. The maximum Gasteiger partial charge on any atom is 0.172 e. The molecule has 0 amide bonds. The van der Waals surface area contributed by atoms with Crippen LogP contribution >= 0.6 is 11.8 Å². The Kier molecular flexibility index (Phi) is 3.18. The molecule has 0 saturated heterocycles. The summed E-state index contributed by atoms with van der Waals surface area (Å²) in [6.45, 7) is -0.0145. The van der Waals surface area contributed by atoms with Crippen molar-refractivity contribution in [1.82, 2.24) is 19.7 Å². The lowest BCUT2D eigenvalue weighted by atomic mass is 10.2. The van der Waals surface area contributed by atoms with Crippen LogP contribution in [0.25, 0.3) is 10.9 Å². The number of rotatable bonds is 3. The van der Waals surface area contributed by atoms with E-state index < -0.39 is 0 Å². The average molecular weight is 272 g/mol. The van der Waals surface area contributed by atoms with Crippen molar-refractivity contribution < 1.29 is 5.11 Å². The number of hydrogen-bond acceptors (Lipinski definition) is 5. The molecule has 0 atom stereocenters. The maximum atomic E-state index is 9.18. The van der Waals surface area contributed by atoms with E-state index in [1.54, 1.807) is 12.4 Å². The van der Waals surface area contributed by atoms with E-state index in [9.17, 15) is 5.11 Å². The largest absolute Gasteiger partial charge is 0.390 e. The molecular formula is C13H12N4OS. The SMILES string of the molecule is Cn1c(CO)cnc1Sc1cnnc2ccccc12. The molecule has 3 rings (SSSR count). The van der Waals surface area contributed by atoms with Gasteiger partial charge in [-0.3, -0.25) is 0 Å². The average Bonchev–Trinajstić information content (AvgIpc) is 2.80. The second-order valence-corrected chi connectivity index (χ2v) is 5.09. The van der Waals surface area contributed by atoms with Crippen molar-refractivity contribution >= 4 is 22.7 Å². The molecule has 0 radical (unpaired) electrons. The predicted molar refractivity (Wildman–Crippen MR) is 72.8 cm³/mol. The van der Waals surface area contributed by atoms with Crippen LogP contribution in [-0.2, 0) is 13.7 Å². The molecule has 5 nitrogen and oxygen atoms in total. The number of fused-ring (bicyclic) bond motifs is 1. The highest BCUT2D eigenvalue weighted by Gasteiger charge is 2.10.